The third kappa shape index (κ3) is 5.99. The van der Waals surface area contributed by atoms with Crippen molar-refractivity contribution in [2.24, 2.45) is 0 Å². The van der Waals surface area contributed by atoms with Crippen molar-refractivity contribution < 1.29 is 37.9 Å². The first-order chi connectivity index (χ1) is 13.0. The molecule has 0 bridgehead atoms. The molecule has 0 aliphatic carbocycles. The number of carbonyl (C=O) groups excluding carboxylic acids is 1. The number of para-hydroxylation sites is 1. The number of benzene rings is 1. The minimum absolute atomic E-state index is 0.0190. The summed E-state index contributed by atoms with van der Waals surface area (Å²) in [5.41, 5.74) is -0.213. The minimum Gasteiger partial charge on any atom is -0.473 e. The summed E-state index contributed by atoms with van der Waals surface area (Å²) in [6.45, 7) is 2.44. The molecule has 2 N–H and O–H groups in total. The van der Waals surface area contributed by atoms with Gasteiger partial charge in [-0.2, -0.15) is 4.31 Å². The normalized spacial score (nSPS) is 14.5. The molecule has 0 atom stereocenters. The molecule has 1 aromatic rings. The van der Waals surface area contributed by atoms with Gasteiger partial charge < -0.3 is 15.1 Å². The van der Waals surface area contributed by atoms with Gasteiger partial charge in [-0.1, -0.05) is 12.1 Å². The number of carboxylic acid groups (broad SMARTS) is 2. The number of amides is 1. The van der Waals surface area contributed by atoms with Crippen LogP contribution in [0, 0.1) is 10.1 Å². The first kappa shape index (κ1) is 23.0. The van der Waals surface area contributed by atoms with Gasteiger partial charge in [-0.3, -0.25) is 14.9 Å². The fraction of sp³-hybridized carbons (Fsp3) is 0.400. The Morgan fingerprint density at radius 1 is 1.07 bits per heavy atom. The first-order valence-electron chi connectivity index (χ1n) is 7.98. The van der Waals surface area contributed by atoms with E-state index in [-0.39, 0.29) is 43.2 Å². The van der Waals surface area contributed by atoms with Crippen LogP contribution in [0.5, 0.6) is 0 Å². The number of piperazine rings is 1. The van der Waals surface area contributed by atoms with Crippen LogP contribution in [0.4, 0.5) is 5.69 Å². The second-order valence-electron chi connectivity index (χ2n) is 5.48. The van der Waals surface area contributed by atoms with E-state index in [4.69, 9.17) is 19.8 Å². The monoisotopic (exact) mass is 417 g/mol. The molecule has 28 heavy (non-hydrogen) atoms. The molecule has 1 saturated heterocycles. The fourth-order valence-electron chi connectivity index (χ4n) is 2.34. The van der Waals surface area contributed by atoms with E-state index in [1.54, 1.807) is 13.0 Å². The molecule has 1 aliphatic heterocycles. The molecule has 0 aromatic heterocycles. The van der Waals surface area contributed by atoms with Gasteiger partial charge in [0.05, 0.1) is 10.7 Å². The third-order valence-electron chi connectivity index (χ3n) is 3.80. The number of nitrogens with zero attached hydrogens (tertiary/aromatic N) is 3. The van der Waals surface area contributed by atoms with Crippen LogP contribution in [-0.2, 0) is 19.6 Å². The van der Waals surface area contributed by atoms with Crippen LogP contribution in [0.2, 0.25) is 0 Å². The lowest BCUT2D eigenvalue weighted by atomic mass is 10.1. The molecule has 0 saturated carbocycles. The summed E-state index contributed by atoms with van der Waals surface area (Å²) in [5.74, 6) is -4.07. The number of carbonyl (C=O) groups is 3. The van der Waals surface area contributed by atoms with E-state index in [0.717, 1.165) is 0 Å². The van der Waals surface area contributed by atoms with Crippen molar-refractivity contribution in [2.75, 3.05) is 31.9 Å². The van der Waals surface area contributed by atoms with E-state index in [2.05, 4.69) is 0 Å². The largest absolute Gasteiger partial charge is 0.473 e. The topological polar surface area (TPSA) is 175 Å². The third-order valence-corrected chi connectivity index (χ3v) is 5.68. The summed E-state index contributed by atoms with van der Waals surface area (Å²) in [6.07, 6.45) is 0. The summed E-state index contributed by atoms with van der Waals surface area (Å²) < 4.78 is 24.9. The van der Waals surface area contributed by atoms with Crippen LogP contribution in [-0.4, -0.2) is 82.5 Å². The molecule has 2 rings (SSSR count). The number of aliphatic carboxylic acids is 2. The highest BCUT2D eigenvalue weighted by molar-refractivity contribution is 7.89. The highest BCUT2D eigenvalue weighted by Gasteiger charge is 2.30. The van der Waals surface area contributed by atoms with E-state index >= 15 is 0 Å². The van der Waals surface area contributed by atoms with E-state index in [1.165, 1.54) is 27.4 Å². The summed E-state index contributed by atoms with van der Waals surface area (Å²) in [5, 5.41) is 25.8. The van der Waals surface area contributed by atoms with E-state index < -0.39 is 32.8 Å². The maximum absolute atomic E-state index is 12.4. The zero-order chi connectivity index (χ0) is 21.5. The molecule has 1 aliphatic rings. The molecule has 1 amide bonds. The molecule has 0 spiro atoms. The lowest BCUT2D eigenvalue weighted by Crippen LogP contribution is -2.50. The number of hydrogen-bond acceptors (Lipinski definition) is 7. The van der Waals surface area contributed by atoms with Crippen LogP contribution >= 0.6 is 0 Å². The Balaban J connectivity index is 0.000000568. The number of sulfonamides is 1. The fourth-order valence-corrected chi connectivity index (χ4v) is 3.42. The maximum atomic E-state index is 12.4. The Bertz CT molecular complexity index is 849. The molecular formula is C15H19N3O9S. The summed E-state index contributed by atoms with van der Waals surface area (Å²) in [6, 6.07) is 5.76. The SMILES string of the molecule is CCS(=O)(=O)N1CCN(C(=O)c2ccccc2[N+](=O)[O-])CC1.O=C(O)C(=O)O. The van der Waals surface area contributed by atoms with Crippen molar-refractivity contribution in [1.82, 2.24) is 9.21 Å². The van der Waals surface area contributed by atoms with E-state index in [1.807, 2.05) is 0 Å². The van der Waals surface area contributed by atoms with Gasteiger partial charge in [0.25, 0.3) is 11.6 Å². The van der Waals surface area contributed by atoms with Gasteiger partial charge in [0.2, 0.25) is 10.0 Å². The van der Waals surface area contributed by atoms with Crippen molar-refractivity contribution in [3.8, 4) is 0 Å². The molecular weight excluding hydrogens is 398 g/mol. The number of hydrogen-bond donors (Lipinski definition) is 2. The quantitative estimate of drug-likeness (QED) is 0.383. The average Bonchev–Trinajstić information content (AvgIpc) is 2.67. The smallest absolute Gasteiger partial charge is 0.414 e. The van der Waals surface area contributed by atoms with Crippen molar-refractivity contribution >= 4 is 33.6 Å². The lowest BCUT2D eigenvalue weighted by Gasteiger charge is -2.33. The molecule has 154 valence electrons. The number of nitro groups is 1. The number of rotatable bonds is 4. The summed E-state index contributed by atoms with van der Waals surface area (Å²) >= 11 is 0. The molecule has 0 radical (unpaired) electrons. The Morgan fingerprint density at radius 3 is 2.00 bits per heavy atom. The second-order valence-corrected chi connectivity index (χ2v) is 7.73. The van der Waals surface area contributed by atoms with Gasteiger partial charge in [0.1, 0.15) is 5.56 Å². The van der Waals surface area contributed by atoms with E-state index in [9.17, 15) is 23.3 Å². The zero-order valence-electron chi connectivity index (χ0n) is 14.8. The van der Waals surface area contributed by atoms with Crippen molar-refractivity contribution in [2.45, 2.75) is 6.92 Å². The Labute approximate surface area is 160 Å². The second kappa shape index (κ2) is 9.75. The summed E-state index contributed by atoms with van der Waals surface area (Å²) in [4.78, 5) is 42.4. The number of carboxylic acids is 2. The van der Waals surface area contributed by atoms with Crippen LogP contribution in [0.25, 0.3) is 0 Å². The molecule has 13 heteroatoms. The predicted octanol–water partition coefficient (Wildman–Crippen LogP) is -0.142. The molecule has 12 nitrogen and oxygen atoms in total. The van der Waals surface area contributed by atoms with E-state index in [0.29, 0.717) is 0 Å². The standard InChI is InChI=1S/C13H17N3O5S.C2H2O4/c1-2-22(20,21)15-9-7-14(8-10-15)13(17)11-5-3-4-6-12(11)16(18)19;3-1(4)2(5)6/h3-6H,2,7-10H2,1H3;(H,3,4)(H,5,6). The van der Waals surface area contributed by atoms with Crippen LogP contribution in [0.1, 0.15) is 17.3 Å². The molecule has 0 unspecified atom stereocenters. The van der Waals surface area contributed by atoms with Crippen molar-refractivity contribution in [3.05, 3.63) is 39.9 Å². The first-order valence-corrected chi connectivity index (χ1v) is 9.59. The maximum Gasteiger partial charge on any atom is 0.414 e. The van der Waals surface area contributed by atoms with Crippen LogP contribution < -0.4 is 0 Å². The minimum atomic E-state index is -3.27. The Kier molecular flexibility index (Phi) is 8.00. The van der Waals surface area contributed by atoms with Gasteiger partial charge in [0, 0.05) is 32.2 Å². The summed E-state index contributed by atoms with van der Waals surface area (Å²) in [7, 11) is -3.27. The number of nitro benzene ring substituents is 1. The van der Waals surface area contributed by atoms with Crippen molar-refractivity contribution in [1.29, 1.82) is 0 Å². The van der Waals surface area contributed by atoms with Gasteiger partial charge in [-0.05, 0) is 13.0 Å². The van der Waals surface area contributed by atoms with Gasteiger partial charge in [0.15, 0.2) is 0 Å². The van der Waals surface area contributed by atoms with Crippen molar-refractivity contribution in [3.63, 3.8) is 0 Å². The Morgan fingerprint density at radius 2 is 1.57 bits per heavy atom. The highest BCUT2D eigenvalue weighted by Crippen LogP contribution is 2.20. The van der Waals surface area contributed by atoms with Crippen LogP contribution in [0.3, 0.4) is 0 Å². The zero-order valence-corrected chi connectivity index (χ0v) is 15.7. The van der Waals surface area contributed by atoms with Gasteiger partial charge >= 0.3 is 11.9 Å². The highest BCUT2D eigenvalue weighted by atomic mass is 32.2. The lowest BCUT2D eigenvalue weighted by molar-refractivity contribution is -0.385. The average molecular weight is 417 g/mol. The predicted molar refractivity (Wildman–Crippen MR) is 95.3 cm³/mol. The van der Waals surface area contributed by atoms with Gasteiger partial charge in [-0.25, -0.2) is 18.0 Å². The van der Waals surface area contributed by atoms with Crippen LogP contribution in [0.15, 0.2) is 24.3 Å². The van der Waals surface area contributed by atoms with Gasteiger partial charge in [-0.15, -0.1) is 0 Å². The molecule has 1 fully saturated rings. The molecule has 1 heterocycles. The molecule has 1 aromatic carbocycles. The Hall–Kier alpha value is -3.06.